The Hall–Kier alpha value is -4.38. The molecule has 3 aromatic carbocycles. The van der Waals surface area contributed by atoms with E-state index in [4.69, 9.17) is 0 Å². The Labute approximate surface area is 239 Å². The van der Waals surface area contributed by atoms with Crippen LogP contribution in [0.1, 0.15) is 65.1 Å². The third kappa shape index (κ3) is 7.04. The molecule has 0 unspecified atom stereocenters. The van der Waals surface area contributed by atoms with Crippen LogP contribution in [0.25, 0.3) is 0 Å². The lowest BCUT2D eigenvalue weighted by Gasteiger charge is -2.25. The minimum Gasteiger partial charge on any atom is -0.307 e. The molecule has 2 N–H and O–H groups in total. The molecule has 0 saturated heterocycles. The Morgan fingerprint density at radius 2 is 1.61 bits per heavy atom. The number of aromatic nitrogens is 4. The summed E-state index contributed by atoms with van der Waals surface area (Å²) >= 11 is 0. The maximum absolute atomic E-state index is 13.6. The molecule has 1 aromatic heterocycles. The van der Waals surface area contributed by atoms with Gasteiger partial charge >= 0.3 is 0 Å². The van der Waals surface area contributed by atoms with Crippen molar-refractivity contribution in [2.24, 2.45) is 0 Å². The summed E-state index contributed by atoms with van der Waals surface area (Å²) < 4.78 is 26.3. The fraction of sp³-hybridized carbons (Fsp3) is 0.300. The molecule has 212 valence electrons. The highest BCUT2D eigenvalue weighted by Gasteiger charge is 2.25. The standard InChI is InChI=1S/C30H32N6O4S/c1-21-7-17-27(18-8-21)41(39,40)20-28(37)36(26-15-13-24(14-16-26)23-5-3-2-4-6-23)19-22-9-11-25(12-10-22)29(38)31-30-32-34-35-33-30/h7-18,23H,2-6,19-20H2,1H3,(H2,31,32,33,34,35,38). The highest BCUT2D eigenvalue weighted by Crippen LogP contribution is 2.33. The van der Waals surface area contributed by atoms with E-state index in [1.54, 1.807) is 36.4 Å². The van der Waals surface area contributed by atoms with Gasteiger partial charge in [-0.05, 0) is 78.4 Å². The molecule has 2 amide bonds. The zero-order chi connectivity index (χ0) is 28.8. The van der Waals surface area contributed by atoms with E-state index < -0.39 is 27.4 Å². The zero-order valence-electron chi connectivity index (χ0n) is 22.8. The number of H-pyrrole nitrogens is 1. The summed E-state index contributed by atoms with van der Waals surface area (Å²) in [7, 11) is -3.85. The van der Waals surface area contributed by atoms with Crippen LogP contribution in [0.15, 0.2) is 77.7 Å². The second-order valence-corrected chi connectivity index (χ2v) is 12.4. The number of tetrazole rings is 1. The van der Waals surface area contributed by atoms with Crippen molar-refractivity contribution in [2.45, 2.75) is 56.4 Å². The van der Waals surface area contributed by atoms with E-state index in [2.05, 4.69) is 25.9 Å². The molecular weight excluding hydrogens is 540 g/mol. The van der Waals surface area contributed by atoms with Crippen molar-refractivity contribution in [1.29, 1.82) is 0 Å². The lowest BCUT2D eigenvalue weighted by molar-refractivity contribution is -0.116. The first-order valence-electron chi connectivity index (χ1n) is 13.6. The molecule has 0 atom stereocenters. The quantitative estimate of drug-likeness (QED) is 0.293. The van der Waals surface area contributed by atoms with E-state index in [1.807, 2.05) is 31.2 Å². The van der Waals surface area contributed by atoms with Gasteiger partial charge in [-0.15, -0.1) is 5.10 Å². The molecule has 0 radical (unpaired) electrons. The summed E-state index contributed by atoms with van der Waals surface area (Å²) in [6, 6.07) is 21.1. The third-order valence-electron chi connectivity index (χ3n) is 7.40. The van der Waals surface area contributed by atoms with Gasteiger partial charge in [-0.25, -0.2) is 8.42 Å². The first-order chi connectivity index (χ1) is 19.8. The predicted octanol–water partition coefficient (Wildman–Crippen LogP) is 4.82. The Morgan fingerprint density at radius 3 is 2.24 bits per heavy atom. The van der Waals surface area contributed by atoms with Gasteiger partial charge < -0.3 is 4.90 Å². The monoisotopic (exact) mass is 572 g/mol. The number of nitrogens with one attached hydrogen (secondary N) is 2. The van der Waals surface area contributed by atoms with E-state index in [0.29, 0.717) is 17.2 Å². The Balaban J connectivity index is 1.37. The summed E-state index contributed by atoms with van der Waals surface area (Å²) in [5, 5.41) is 15.6. The summed E-state index contributed by atoms with van der Waals surface area (Å²) in [6.45, 7) is 2.01. The highest BCUT2D eigenvalue weighted by atomic mass is 32.2. The third-order valence-corrected chi connectivity index (χ3v) is 9.02. The molecule has 1 aliphatic carbocycles. The van der Waals surface area contributed by atoms with Crippen molar-refractivity contribution in [2.75, 3.05) is 16.0 Å². The minimum atomic E-state index is -3.85. The average molecular weight is 573 g/mol. The largest absolute Gasteiger partial charge is 0.307 e. The van der Waals surface area contributed by atoms with Crippen molar-refractivity contribution in [1.82, 2.24) is 20.6 Å². The number of hydrogen-bond donors (Lipinski definition) is 2. The summed E-state index contributed by atoms with van der Waals surface area (Å²) in [4.78, 5) is 27.7. The smallest absolute Gasteiger partial charge is 0.270 e. The molecule has 0 spiro atoms. The number of benzene rings is 3. The SMILES string of the molecule is Cc1ccc(S(=O)(=O)CC(=O)N(Cc2ccc(C(=O)Nc3nn[nH]n3)cc2)c2ccc(C3CCCCC3)cc2)cc1. The first-order valence-corrected chi connectivity index (χ1v) is 15.3. The molecule has 41 heavy (non-hydrogen) atoms. The maximum Gasteiger partial charge on any atom is 0.270 e. The molecule has 0 aliphatic heterocycles. The van der Waals surface area contributed by atoms with Crippen molar-refractivity contribution < 1.29 is 18.0 Å². The zero-order valence-corrected chi connectivity index (χ0v) is 23.6. The van der Waals surface area contributed by atoms with Crippen molar-refractivity contribution in [3.63, 3.8) is 0 Å². The molecule has 4 aromatic rings. The van der Waals surface area contributed by atoms with E-state index in [-0.39, 0.29) is 17.4 Å². The van der Waals surface area contributed by atoms with Crippen LogP contribution < -0.4 is 10.2 Å². The number of aryl methyl sites for hydroxylation is 1. The number of carbonyl (C=O) groups excluding carboxylic acids is 2. The second-order valence-electron chi connectivity index (χ2n) is 10.4. The van der Waals surface area contributed by atoms with Crippen LogP contribution in [0, 0.1) is 6.92 Å². The van der Waals surface area contributed by atoms with Crippen LogP contribution in [0.3, 0.4) is 0 Å². The van der Waals surface area contributed by atoms with Crippen molar-refractivity contribution in [3.05, 3.63) is 95.1 Å². The number of hydrogen-bond acceptors (Lipinski definition) is 7. The number of anilines is 2. The molecule has 1 aliphatic rings. The van der Waals surface area contributed by atoms with Gasteiger partial charge in [-0.2, -0.15) is 5.21 Å². The maximum atomic E-state index is 13.6. The molecule has 11 heteroatoms. The van der Waals surface area contributed by atoms with E-state index in [9.17, 15) is 18.0 Å². The topological polar surface area (TPSA) is 138 Å². The Morgan fingerprint density at radius 1 is 0.927 bits per heavy atom. The lowest BCUT2D eigenvalue weighted by Crippen LogP contribution is -2.35. The van der Waals surface area contributed by atoms with E-state index >= 15 is 0 Å². The van der Waals surface area contributed by atoms with E-state index in [0.717, 1.165) is 24.0 Å². The van der Waals surface area contributed by atoms with Crippen LogP contribution in [-0.2, 0) is 21.2 Å². The fourth-order valence-corrected chi connectivity index (χ4v) is 6.29. The predicted molar refractivity (Wildman–Crippen MR) is 155 cm³/mol. The summed E-state index contributed by atoms with van der Waals surface area (Å²) in [5.74, 6) is -1.04. The minimum absolute atomic E-state index is 0.0577. The first kappa shape index (κ1) is 28.2. The summed E-state index contributed by atoms with van der Waals surface area (Å²) in [5.41, 5.74) is 3.90. The fourth-order valence-electron chi connectivity index (χ4n) is 5.09. The molecule has 1 heterocycles. The van der Waals surface area contributed by atoms with Crippen LogP contribution >= 0.6 is 0 Å². The molecule has 0 bridgehead atoms. The highest BCUT2D eigenvalue weighted by molar-refractivity contribution is 7.92. The van der Waals surface area contributed by atoms with Crippen LogP contribution in [0.4, 0.5) is 11.6 Å². The molecule has 10 nitrogen and oxygen atoms in total. The molecule has 1 fully saturated rings. The number of sulfone groups is 1. The Kier molecular flexibility index (Phi) is 8.53. The molecular formula is C30H32N6O4S. The van der Waals surface area contributed by atoms with Crippen LogP contribution in [0.5, 0.6) is 0 Å². The van der Waals surface area contributed by atoms with Gasteiger partial charge in [0.25, 0.3) is 11.9 Å². The van der Waals surface area contributed by atoms with E-state index in [1.165, 1.54) is 41.9 Å². The van der Waals surface area contributed by atoms with Gasteiger partial charge in [0.05, 0.1) is 11.4 Å². The number of amides is 2. The molecule has 1 saturated carbocycles. The van der Waals surface area contributed by atoms with Crippen molar-refractivity contribution in [3.8, 4) is 0 Å². The van der Waals surface area contributed by atoms with Gasteiger partial charge in [0.2, 0.25) is 5.91 Å². The van der Waals surface area contributed by atoms with Gasteiger partial charge in [0.15, 0.2) is 9.84 Å². The number of aromatic amines is 1. The molecule has 5 rings (SSSR count). The number of carbonyl (C=O) groups is 2. The number of rotatable bonds is 9. The second kappa shape index (κ2) is 12.4. The van der Waals surface area contributed by atoms with Crippen LogP contribution in [-0.4, -0.2) is 46.6 Å². The van der Waals surface area contributed by atoms with Crippen molar-refractivity contribution >= 4 is 33.3 Å². The van der Waals surface area contributed by atoms with Gasteiger partial charge in [0, 0.05) is 11.3 Å². The number of nitrogens with zero attached hydrogens (tertiary/aromatic N) is 4. The van der Waals surface area contributed by atoms with Gasteiger partial charge in [-0.1, -0.05) is 66.3 Å². The van der Waals surface area contributed by atoms with Gasteiger partial charge in [-0.3, -0.25) is 14.9 Å². The normalized spacial score (nSPS) is 14.0. The van der Waals surface area contributed by atoms with Gasteiger partial charge in [0.1, 0.15) is 5.75 Å². The van der Waals surface area contributed by atoms with Crippen LogP contribution in [0.2, 0.25) is 0 Å². The average Bonchev–Trinajstić information content (AvgIpc) is 3.50. The lowest BCUT2D eigenvalue weighted by atomic mass is 9.84. The summed E-state index contributed by atoms with van der Waals surface area (Å²) in [6.07, 6.45) is 6.02. The Bertz CT molecular complexity index is 1580.